The second kappa shape index (κ2) is 3.53. The molecular formula is C5H12NO5P. The molecule has 0 rings (SSSR count). The van der Waals surface area contributed by atoms with Crippen LogP contribution in [0.2, 0.25) is 0 Å². The van der Waals surface area contributed by atoms with E-state index >= 15 is 0 Å². The van der Waals surface area contributed by atoms with Gasteiger partial charge >= 0.3 is 13.6 Å². The van der Waals surface area contributed by atoms with Crippen LogP contribution in [0.5, 0.6) is 0 Å². The molecule has 0 fully saturated rings. The molecule has 0 aliphatic rings. The van der Waals surface area contributed by atoms with Crippen LogP contribution in [-0.2, 0) is 9.36 Å². The molecule has 12 heavy (non-hydrogen) atoms. The summed E-state index contributed by atoms with van der Waals surface area (Å²) in [5.74, 6) is -1.27. The quantitative estimate of drug-likeness (QED) is 0.444. The van der Waals surface area contributed by atoms with Gasteiger partial charge in [-0.1, -0.05) is 0 Å². The summed E-state index contributed by atoms with van der Waals surface area (Å²) in [6, 6.07) is 0. The third-order valence-corrected chi connectivity index (χ3v) is 2.22. The third-order valence-electron chi connectivity index (χ3n) is 1.41. The van der Waals surface area contributed by atoms with Crippen LogP contribution in [0.3, 0.4) is 0 Å². The second-order valence-electron chi connectivity index (χ2n) is 2.86. The molecule has 7 heteroatoms. The number of carbonyl (C=O) groups is 1. The van der Waals surface area contributed by atoms with Gasteiger partial charge in [0.25, 0.3) is 0 Å². The van der Waals surface area contributed by atoms with E-state index in [1.165, 1.54) is 6.92 Å². The highest BCUT2D eigenvalue weighted by Gasteiger charge is 2.30. The van der Waals surface area contributed by atoms with E-state index in [9.17, 15) is 9.36 Å². The Bertz CT molecular complexity index is 220. The lowest BCUT2D eigenvalue weighted by atomic mass is 10.0. The monoisotopic (exact) mass is 197 g/mol. The van der Waals surface area contributed by atoms with Crippen LogP contribution in [0.1, 0.15) is 13.3 Å². The molecule has 0 unspecified atom stereocenters. The maximum absolute atomic E-state index is 10.4. The fraction of sp³-hybridized carbons (Fsp3) is 0.800. The summed E-state index contributed by atoms with van der Waals surface area (Å²) < 4.78 is 10.3. The van der Waals surface area contributed by atoms with Crippen LogP contribution >= 0.6 is 7.60 Å². The molecule has 72 valence electrons. The summed E-state index contributed by atoms with van der Waals surface area (Å²) in [6.45, 7) is 1.21. The van der Waals surface area contributed by atoms with E-state index in [1.807, 2.05) is 0 Å². The molecule has 0 bridgehead atoms. The van der Waals surface area contributed by atoms with Gasteiger partial charge in [0.1, 0.15) is 5.54 Å². The number of rotatable bonds is 4. The fourth-order valence-corrected chi connectivity index (χ4v) is 1.24. The lowest BCUT2D eigenvalue weighted by molar-refractivity contribution is -0.142. The van der Waals surface area contributed by atoms with Crippen LogP contribution in [0.15, 0.2) is 0 Å². The van der Waals surface area contributed by atoms with Crippen molar-refractivity contribution < 1.29 is 24.3 Å². The Morgan fingerprint density at radius 2 is 2.00 bits per heavy atom. The van der Waals surface area contributed by atoms with E-state index < -0.39 is 25.3 Å². The van der Waals surface area contributed by atoms with Gasteiger partial charge in [0.15, 0.2) is 0 Å². The first-order chi connectivity index (χ1) is 5.15. The SMILES string of the molecule is C[C@@](N)(CCP(=O)(O)O)C(=O)O. The molecule has 0 amide bonds. The van der Waals surface area contributed by atoms with Crippen molar-refractivity contribution in [2.75, 3.05) is 6.16 Å². The summed E-state index contributed by atoms with van der Waals surface area (Å²) in [5, 5.41) is 8.46. The lowest BCUT2D eigenvalue weighted by Crippen LogP contribution is -2.45. The molecule has 1 atom stereocenters. The fourth-order valence-electron chi connectivity index (χ4n) is 0.485. The van der Waals surface area contributed by atoms with Crippen LogP contribution in [0.25, 0.3) is 0 Å². The smallest absolute Gasteiger partial charge is 0.325 e. The van der Waals surface area contributed by atoms with Gasteiger partial charge in [-0.3, -0.25) is 9.36 Å². The van der Waals surface area contributed by atoms with E-state index in [0.717, 1.165) is 0 Å². The van der Waals surface area contributed by atoms with Crippen molar-refractivity contribution in [2.45, 2.75) is 18.9 Å². The van der Waals surface area contributed by atoms with Crippen molar-refractivity contribution in [2.24, 2.45) is 5.73 Å². The molecule has 0 heterocycles. The van der Waals surface area contributed by atoms with Crippen molar-refractivity contribution in [1.82, 2.24) is 0 Å². The lowest BCUT2D eigenvalue weighted by Gasteiger charge is -2.18. The zero-order valence-electron chi connectivity index (χ0n) is 6.60. The topological polar surface area (TPSA) is 121 Å². The molecular weight excluding hydrogens is 185 g/mol. The molecule has 5 N–H and O–H groups in total. The number of nitrogens with two attached hydrogens (primary N) is 1. The van der Waals surface area contributed by atoms with Gasteiger partial charge in [0, 0.05) is 0 Å². The zero-order valence-corrected chi connectivity index (χ0v) is 7.49. The highest BCUT2D eigenvalue weighted by molar-refractivity contribution is 7.51. The van der Waals surface area contributed by atoms with E-state index in [4.69, 9.17) is 20.6 Å². The standard InChI is InChI=1S/C5H12NO5P/c1-5(6,4(7)8)2-3-12(9,10)11/h2-3,6H2,1H3,(H,7,8)(H2,9,10,11)/t5-/m1/s1. The van der Waals surface area contributed by atoms with Crippen molar-refractivity contribution in [1.29, 1.82) is 0 Å². The number of aliphatic carboxylic acids is 1. The first kappa shape index (κ1) is 11.6. The van der Waals surface area contributed by atoms with Gasteiger partial charge in [-0.15, -0.1) is 0 Å². The number of carboxylic acids is 1. The summed E-state index contributed by atoms with van der Waals surface area (Å²) in [7, 11) is -4.15. The van der Waals surface area contributed by atoms with Crippen molar-refractivity contribution >= 4 is 13.6 Å². The first-order valence-electron chi connectivity index (χ1n) is 3.22. The Hall–Kier alpha value is -0.420. The van der Waals surface area contributed by atoms with Gasteiger partial charge in [-0.2, -0.15) is 0 Å². The molecule has 0 aromatic heterocycles. The highest BCUT2D eigenvalue weighted by Crippen LogP contribution is 2.36. The minimum atomic E-state index is -4.15. The summed E-state index contributed by atoms with van der Waals surface area (Å²) in [5.41, 5.74) is 3.66. The van der Waals surface area contributed by atoms with Crippen molar-refractivity contribution in [3.8, 4) is 0 Å². The molecule has 0 spiro atoms. The van der Waals surface area contributed by atoms with Gasteiger partial charge in [0.05, 0.1) is 6.16 Å². The van der Waals surface area contributed by atoms with Crippen LogP contribution < -0.4 is 5.73 Å². The Labute approximate surface area is 69.5 Å². The Balaban J connectivity index is 4.10. The maximum Gasteiger partial charge on any atom is 0.325 e. The highest BCUT2D eigenvalue weighted by atomic mass is 31.2. The molecule has 0 saturated carbocycles. The third kappa shape index (κ3) is 4.46. The van der Waals surface area contributed by atoms with Gasteiger partial charge in [0.2, 0.25) is 0 Å². The molecule has 0 radical (unpaired) electrons. The molecule has 0 aliphatic heterocycles. The maximum atomic E-state index is 10.4. The Morgan fingerprint density at radius 1 is 1.58 bits per heavy atom. The van der Waals surface area contributed by atoms with E-state index in [2.05, 4.69) is 0 Å². The largest absolute Gasteiger partial charge is 0.480 e. The molecule has 6 nitrogen and oxygen atoms in total. The molecule has 0 aliphatic carbocycles. The normalized spacial score (nSPS) is 17.0. The number of hydrogen-bond acceptors (Lipinski definition) is 3. The van der Waals surface area contributed by atoms with Crippen molar-refractivity contribution in [3.63, 3.8) is 0 Å². The van der Waals surface area contributed by atoms with Crippen LogP contribution in [0.4, 0.5) is 0 Å². The van der Waals surface area contributed by atoms with E-state index in [-0.39, 0.29) is 6.42 Å². The predicted molar refractivity (Wildman–Crippen MR) is 41.8 cm³/mol. The number of hydrogen-bond donors (Lipinski definition) is 4. The van der Waals surface area contributed by atoms with Crippen LogP contribution in [-0.4, -0.2) is 32.6 Å². The summed E-state index contributed by atoms with van der Waals surface area (Å²) in [6.07, 6.45) is -0.751. The molecule has 0 aromatic rings. The average Bonchev–Trinajstić information content (AvgIpc) is 1.82. The Morgan fingerprint density at radius 3 is 2.25 bits per heavy atom. The predicted octanol–water partition coefficient (Wildman–Crippen LogP) is -0.644. The van der Waals surface area contributed by atoms with Gasteiger partial charge < -0.3 is 20.6 Å². The van der Waals surface area contributed by atoms with Gasteiger partial charge in [-0.05, 0) is 13.3 Å². The first-order valence-corrected chi connectivity index (χ1v) is 5.02. The van der Waals surface area contributed by atoms with Gasteiger partial charge in [-0.25, -0.2) is 0 Å². The Kier molecular flexibility index (Phi) is 3.41. The van der Waals surface area contributed by atoms with Crippen molar-refractivity contribution in [3.05, 3.63) is 0 Å². The van der Waals surface area contributed by atoms with E-state index in [0.29, 0.717) is 0 Å². The number of carboxylic acid groups (broad SMARTS) is 1. The van der Waals surface area contributed by atoms with Crippen LogP contribution in [0, 0.1) is 0 Å². The molecule has 0 saturated heterocycles. The summed E-state index contributed by atoms with van der Waals surface area (Å²) >= 11 is 0. The second-order valence-corrected chi connectivity index (χ2v) is 4.64. The van der Waals surface area contributed by atoms with E-state index in [1.54, 1.807) is 0 Å². The average molecular weight is 197 g/mol. The minimum Gasteiger partial charge on any atom is -0.480 e. The molecule has 0 aromatic carbocycles. The zero-order chi connectivity index (χ0) is 9.99. The summed E-state index contributed by atoms with van der Waals surface area (Å²) in [4.78, 5) is 27.2. The minimum absolute atomic E-state index is 0.243.